The van der Waals surface area contributed by atoms with Gasteiger partial charge >= 0.3 is 0 Å². The Hall–Kier alpha value is -0.490. The molecular formula is C14H21Cl. The van der Waals surface area contributed by atoms with E-state index in [1.807, 2.05) is 0 Å². The molecular weight excluding hydrogens is 204 g/mol. The van der Waals surface area contributed by atoms with Crippen molar-refractivity contribution in [1.82, 2.24) is 0 Å². The molecule has 1 atom stereocenters. The van der Waals surface area contributed by atoms with Crippen molar-refractivity contribution in [3.8, 4) is 0 Å². The van der Waals surface area contributed by atoms with Gasteiger partial charge in [-0.15, -0.1) is 11.6 Å². The molecule has 0 heterocycles. The first-order chi connectivity index (χ1) is 7.24. The third-order valence-electron chi connectivity index (χ3n) is 3.37. The largest absolute Gasteiger partial charge is 0.126 e. The number of aryl methyl sites for hydroxylation is 1. The molecule has 1 aromatic rings. The predicted octanol–water partition coefficient (Wildman–Crippen LogP) is 4.75. The first-order valence-corrected chi connectivity index (χ1v) is 6.39. The number of hydrogen-bond acceptors (Lipinski definition) is 0. The molecule has 0 aliphatic rings. The highest BCUT2D eigenvalue weighted by Gasteiger charge is 2.20. The summed E-state index contributed by atoms with van der Waals surface area (Å²) in [5.41, 5.74) is 2.80. The molecule has 0 fully saturated rings. The molecule has 0 nitrogen and oxygen atoms in total. The van der Waals surface area contributed by atoms with Gasteiger partial charge in [0.25, 0.3) is 0 Å². The highest BCUT2D eigenvalue weighted by atomic mass is 35.5. The lowest BCUT2D eigenvalue weighted by Gasteiger charge is -2.25. The van der Waals surface area contributed by atoms with Gasteiger partial charge in [-0.3, -0.25) is 0 Å². The van der Waals surface area contributed by atoms with E-state index in [0.29, 0.717) is 11.8 Å². The Bertz CT molecular complexity index is 289. The zero-order chi connectivity index (χ0) is 11.3. The van der Waals surface area contributed by atoms with Gasteiger partial charge in [0.15, 0.2) is 0 Å². The van der Waals surface area contributed by atoms with E-state index in [-0.39, 0.29) is 0 Å². The van der Waals surface area contributed by atoms with Gasteiger partial charge in [-0.05, 0) is 24.0 Å². The summed E-state index contributed by atoms with van der Waals surface area (Å²) in [6, 6.07) is 8.61. The van der Waals surface area contributed by atoms with E-state index in [4.69, 9.17) is 11.6 Å². The van der Waals surface area contributed by atoms with Crippen LogP contribution in [0, 0.1) is 12.8 Å². The first-order valence-electron chi connectivity index (χ1n) is 5.86. The average Bonchev–Trinajstić information content (AvgIpc) is 2.27. The maximum absolute atomic E-state index is 6.13. The molecule has 0 aliphatic heterocycles. The summed E-state index contributed by atoms with van der Waals surface area (Å²) in [5.74, 6) is 1.96. The third-order valence-corrected chi connectivity index (χ3v) is 3.70. The van der Waals surface area contributed by atoms with Crippen molar-refractivity contribution in [3.63, 3.8) is 0 Å². The van der Waals surface area contributed by atoms with Crippen molar-refractivity contribution in [2.24, 2.45) is 5.92 Å². The van der Waals surface area contributed by atoms with Crippen molar-refractivity contribution in [3.05, 3.63) is 35.4 Å². The third kappa shape index (κ3) is 2.98. The Morgan fingerprint density at radius 1 is 1.13 bits per heavy atom. The van der Waals surface area contributed by atoms with Gasteiger partial charge in [0.2, 0.25) is 0 Å². The van der Waals surface area contributed by atoms with Crippen LogP contribution in [0.5, 0.6) is 0 Å². The molecule has 1 aromatic carbocycles. The van der Waals surface area contributed by atoms with Crippen molar-refractivity contribution in [2.75, 3.05) is 5.88 Å². The van der Waals surface area contributed by atoms with E-state index >= 15 is 0 Å². The standard InChI is InChI=1S/C14H21Cl/c1-4-12(5-2)14(10-15)13-9-7-6-8-11(13)3/h6-9,12,14H,4-5,10H2,1-3H3. The maximum atomic E-state index is 6.13. The Morgan fingerprint density at radius 3 is 2.20 bits per heavy atom. The molecule has 0 aromatic heterocycles. The van der Waals surface area contributed by atoms with Gasteiger partial charge in [0, 0.05) is 11.8 Å². The first kappa shape index (κ1) is 12.6. The molecule has 0 aliphatic carbocycles. The normalized spacial score (nSPS) is 13.1. The zero-order valence-corrected chi connectivity index (χ0v) is 10.7. The van der Waals surface area contributed by atoms with Gasteiger partial charge in [0.1, 0.15) is 0 Å². The van der Waals surface area contributed by atoms with Crippen molar-refractivity contribution < 1.29 is 0 Å². The SMILES string of the molecule is CCC(CC)C(CCl)c1ccccc1C. The fraction of sp³-hybridized carbons (Fsp3) is 0.571. The van der Waals surface area contributed by atoms with Crippen molar-refractivity contribution in [2.45, 2.75) is 39.5 Å². The summed E-state index contributed by atoms with van der Waals surface area (Å²) < 4.78 is 0. The minimum Gasteiger partial charge on any atom is -0.126 e. The lowest BCUT2D eigenvalue weighted by Crippen LogP contribution is -2.14. The maximum Gasteiger partial charge on any atom is 0.0295 e. The lowest BCUT2D eigenvalue weighted by molar-refractivity contribution is 0.421. The van der Waals surface area contributed by atoms with Crippen molar-refractivity contribution >= 4 is 11.6 Å². The molecule has 15 heavy (non-hydrogen) atoms. The Kier molecular flexibility index (Phi) is 5.17. The van der Waals surface area contributed by atoms with Crippen LogP contribution in [0.15, 0.2) is 24.3 Å². The summed E-state index contributed by atoms with van der Waals surface area (Å²) in [4.78, 5) is 0. The molecule has 1 rings (SSSR count). The zero-order valence-electron chi connectivity index (χ0n) is 9.96. The topological polar surface area (TPSA) is 0 Å². The minimum absolute atomic E-state index is 0.517. The summed E-state index contributed by atoms with van der Waals surface area (Å²) >= 11 is 6.13. The van der Waals surface area contributed by atoms with Crippen LogP contribution < -0.4 is 0 Å². The van der Waals surface area contributed by atoms with Crippen LogP contribution in [0.4, 0.5) is 0 Å². The highest BCUT2D eigenvalue weighted by molar-refractivity contribution is 6.18. The molecule has 0 amide bonds. The summed E-state index contributed by atoms with van der Waals surface area (Å²) in [7, 11) is 0. The number of alkyl halides is 1. The monoisotopic (exact) mass is 224 g/mol. The number of benzene rings is 1. The molecule has 1 unspecified atom stereocenters. The Morgan fingerprint density at radius 2 is 1.73 bits per heavy atom. The second-order valence-corrected chi connectivity index (χ2v) is 4.50. The Balaban J connectivity index is 2.96. The van der Waals surface area contributed by atoms with E-state index in [1.54, 1.807) is 0 Å². The van der Waals surface area contributed by atoms with Crippen LogP contribution in [0.25, 0.3) is 0 Å². The van der Waals surface area contributed by atoms with Crippen LogP contribution in [-0.4, -0.2) is 5.88 Å². The molecule has 0 bridgehead atoms. The van der Waals surface area contributed by atoms with E-state index in [0.717, 1.165) is 5.88 Å². The molecule has 0 saturated carbocycles. The molecule has 84 valence electrons. The molecule has 0 spiro atoms. The average molecular weight is 225 g/mol. The number of halogens is 1. The van der Waals surface area contributed by atoms with E-state index in [2.05, 4.69) is 45.0 Å². The molecule has 0 saturated heterocycles. The van der Waals surface area contributed by atoms with Crippen LogP contribution >= 0.6 is 11.6 Å². The van der Waals surface area contributed by atoms with Crippen LogP contribution in [0.3, 0.4) is 0 Å². The Labute approximate surface area is 98.7 Å². The second kappa shape index (κ2) is 6.17. The van der Waals surface area contributed by atoms with E-state index in [1.165, 1.54) is 24.0 Å². The smallest absolute Gasteiger partial charge is 0.0295 e. The van der Waals surface area contributed by atoms with Gasteiger partial charge < -0.3 is 0 Å². The van der Waals surface area contributed by atoms with Gasteiger partial charge in [-0.2, -0.15) is 0 Å². The van der Waals surface area contributed by atoms with Crippen LogP contribution in [-0.2, 0) is 0 Å². The van der Waals surface area contributed by atoms with Crippen molar-refractivity contribution in [1.29, 1.82) is 0 Å². The number of hydrogen-bond donors (Lipinski definition) is 0. The quantitative estimate of drug-likeness (QED) is 0.633. The van der Waals surface area contributed by atoms with E-state index < -0.39 is 0 Å². The van der Waals surface area contributed by atoms with Crippen LogP contribution in [0.2, 0.25) is 0 Å². The molecule has 0 radical (unpaired) electrons. The molecule has 1 heteroatoms. The van der Waals surface area contributed by atoms with Gasteiger partial charge in [-0.25, -0.2) is 0 Å². The molecule has 0 N–H and O–H groups in total. The highest BCUT2D eigenvalue weighted by Crippen LogP contribution is 2.32. The number of rotatable bonds is 5. The minimum atomic E-state index is 0.517. The second-order valence-electron chi connectivity index (χ2n) is 4.19. The lowest BCUT2D eigenvalue weighted by atomic mass is 9.82. The van der Waals surface area contributed by atoms with Crippen LogP contribution in [0.1, 0.15) is 43.7 Å². The fourth-order valence-electron chi connectivity index (χ4n) is 2.32. The summed E-state index contributed by atoms with van der Waals surface area (Å²) in [6.45, 7) is 6.69. The van der Waals surface area contributed by atoms with Gasteiger partial charge in [0.05, 0.1) is 0 Å². The summed E-state index contributed by atoms with van der Waals surface area (Å²) in [5, 5.41) is 0. The predicted molar refractivity (Wildman–Crippen MR) is 68.7 cm³/mol. The fourth-order valence-corrected chi connectivity index (χ4v) is 2.74. The summed E-state index contributed by atoms with van der Waals surface area (Å²) in [6.07, 6.45) is 2.42. The van der Waals surface area contributed by atoms with E-state index in [9.17, 15) is 0 Å². The van der Waals surface area contributed by atoms with Gasteiger partial charge in [-0.1, -0.05) is 51.0 Å².